The maximum Gasteiger partial charge on any atom is 0.417 e. The van der Waals surface area contributed by atoms with E-state index < -0.39 is 40.5 Å². The van der Waals surface area contributed by atoms with Gasteiger partial charge in [-0.1, -0.05) is 6.07 Å². The third-order valence-corrected chi connectivity index (χ3v) is 8.78. The summed E-state index contributed by atoms with van der Waals surface area (Å²) < 4.78 is 80.4. The fraction of sp³-hybridized carbons (Fsp3) is 0.357. The van der Waals surface area contributed by atoms with E-state index in [0.29, 0.717) is 17.9 Å². The zero-order chi connectivity index (χ0) is 30.1. The van der Waals surface area contributed by atoms with E-state index in [-0.39, 0.29) is 68.3 Å². The van der Waals surface area contributed by atoms with Gasteiger partial charge in [0.1, 0.15) is 28.2 Å². The van der Waals surface area contributed by atoms with Gasteiger partial charge < -0.3 is 20.3 Å². The second kappa shape index (κ2) is 9.94. The smallest absolute Gasteiger partial charge is 0.417 e. The highest BCUT2D eigenvalue weighted by Gasteiger charge is 2.43. The van der Waals surface area contributed by atoms with E-state index in [4.69, 9.17) is 10.5 Å². The largest absolute Gasteiger partial charge is 0.467 e. The zero-order valence-electron chi connectivity index (χ0n) is 22.4. The molecule has 14 heteroatoms. The topological polar surface area (TPSA) is 108 Å². The summed E-state index contributed by atoms with van der Waals surface area (Å²) in [6.07, 6.45) is -3.13. The quantitative estimate of drug-likeness (QED) is 0.276. The first kappa shape index (κ1) is 27.9. The minimum absolute atomic E-state index is 0.00695. The predicted octanol–water partition coefficient (Wildman–Crippen LogP) is 5.86. The minimum Gasteiger partial charge on any atom is -0.467 e. The molecule has 3 heterocycles. The lowest BCUT2D eigenvalue weighted by Gasteiger charge is -2.30. The van der Waals surface area contributed by atoms with E-state index in [0.717, 1.165) is 31.0 Å². The molecule has 1 saturated heterocycles. The van der Waals surface area contributed by atoms with Crippen LogP contribution in [0.2, 0.25) is 0 Å². The summed E-state index contributed by atoms with van der Waals surface area (Å²) in [6.45, 7) is 2.39. The van der Waals surface area contributed by atoms with Crippen molar-refractivity contribution in [1.82, 2.24) is 14.9 Å². The van der Waals surface area contributed by atoms with Crippen LogP contribution in [0.25, 0.3) is 32.1 Å². The number of methoxy groups -OCH3 is 1. The van der Waals surface area contributed by atoms with Gasteiger partial charge in [-0.25, -0.2) is 8.78 Å². The van der Waals surface area contributed by atoms with Gasteiger partial charge in [-0.3, -0.25) is 4.79 Å². The molecule has 1 saturated carbocycles. The molecule has 0 bridgehead atoms. The number of amides is 1. The molecule has 1 aliphatic carbocycles. The Balaban J connectivity index is 1.64. The molecule has 0 radical (unpaired) electrons. The number of rotatable bonds is 6. The van der Waals surface area contributed by atoms with Crippen LogP contribution in [0.15, 0.2) is 18.2 Å². The molecule has 1 amide bonds. The molecule has 2 fully saturated rings. The van der Waals surface area contributed by atoms with Gasteiger partial charge in [-0.2, -0.15) is 28.4 Å². The number of thiophene rings is 1. The van der Waals surface area contributed by atoms with E-state index in [1.165, 1.54) is 7.11 Å². The van der Waals surface area contributed by atoms with E-state index >= 15 is 4.39 Å². The molecule has 42 heavy (non-hydrogen) atoms. The van der Waals surface area contributed by atoms with Gasteiger partial charge in [0.05, 0.1) is 29.0 Å². The van der Waals surface area contributed by atoms with Crippen molar-refractivity contribution >= 4 is 49.1 Å². The van der Waals surface area contributed by atoms with Crippen LogP contribution in [0, 0.1) is 23.0 Å². The number of nitrogens with zero attached hydrogens (tertiary/aromatic N) is 5. The van der Waals surface area contributed by atoms with Gasteiger partial charge >= 0.3 is 12.2 Å². The molecule has 1 aliphatic heterocycles. The van der Waals surface area contributed by atoms with Gasteiger partial charge in [0.25, 0.3) is 0 Å². The van der Waals surface area contributed by atoms with Crippen LogP contribution >= 0.6 is 11.3 Å². The lowest BCUT2D eigenvalue weighted by Crippen LogP contribution is -2.39. The summed E-state index contributed by atoms with van der Waals surface area (Å²) in [5.41, 5.74) is 2.56. The van der Waals surface area contributed by atoms with Gasteiger partial charge in [0.15, 0.2) is 5.82 Å². The second-order valence-electron chi connectivity index (χ2n) is 10.2. The standard InChI is InChI=1S/C28H23F5N6O2S/c1-3-38(13-8-19(40)39(11-13)12-4-5-12)26-15-9-17(28(31,32)33)21(22(30)23(15)36-27(37-26)41-2)14-6-7-18(29)24-20(14)16(10-34)25(35)42-24/h6-7,9,12-13H,3-5,8,11,35H2,1-2H3. The predicted molar refractivity (Wildman–Crippen MR) is 147 cm³/mol. The summed E-state index contributed by atoms with van der Waals surface area (Å²) in [5.74, 6) is -2.22. The van der Waals surface area contributed by atoms with Crippen molar-refractivity contribution < 1.29 is 31.5 Å². The summed E-state index contributed by atoms with van der Waals surface area (Å²) in [7, 11) is 1.24. The number of nitrogen functional groups attached to an aromatic ring is 1. The Morgan fingerprint density at radius 2 is 2.00 bits per heavy atom. The van der Waals surface area contributed by atoms with Crippen LogP contribution in [0.4, 0.5) is 32.8 Å². The number of likely N-dealkylation sites (N-methyl/N-ethyl adjacent to an activating group) is 1. The highest BCUT2D eigenvalue weighted by Crippen LogP contribution is 2.48. The number of alkyl halides is 3. The molecular formula is C28H23F5N6O2S. The van der Waals surface area contributed by atoms with Crippen LogP contribution in [0.1, 0.15) is 37.3 Å². The molecule has 218 valence electrons. The van der Waals surface area contributed by atoms with E-state index in [1.54, 1.807) is 22.8 Å². The van der Waals surface area contributed by atoms with Crippen molar-refractivity contribution in [2.45, 2.75) is 44.4 Å². The summed E-state index contributed by atoms with van der Waals surface area (Å²) in [4.78, 5) is 24.6. The Labute approximate surface area is 240 Å². The third-order valence-electron chi connectivity index (χ3n) is 7.76. The SMILES string of the molecule is CCN(c1nc(OC)nc2c(F)c(-c3ccc(F)c4sc(N)c(C#N)c34)c(C(F)(F)F)cc12)C1CC(=O)N(C2CC2)C1. The number of ether oxygens (including phenoxy) is 1. The number of likely N-dealkylation sites (tertiary alicyclic amines) is 1. The number of nitrogens with two attached hydrogens (primary N) is 1. The molecule has 2 aliphatic rings. The van der Waals surface area contributed by atoms with Crippen molar-refractivity contribution in [2.24, 2.45) is 0 Å². The Morgan fingerprint density at radius 3 is 2.62 bits per heavy atom. The molecule has 0 spiro atoms. The first-order valence-corrected chi connectivity index (χ1v) is 13.9. The number of fused-ring (bicyclic) bond motifs is 2. The average molecular weight is 603 g/mol. The third kappa shape index (κ3) is 4.34. The van der Waals surface area contributed by atoms with Crippen molar-refractivity contribution in [3.63, 3.8) is 0 Å². The van der Waals surface area contributed by atoms with E-state index in [9.17, 15) is 27.6 Å². The molecule has 8 nitrogen and oxygen atoms in total. The first-order chi connectivity index (χ1) is 20.0. The van der Waals surface area contributed by atoms with Crippen molar-refractivity contribution in [2.75, 3.05) is 30.8 Å². The Bertz CT molecular complexity index is 1810. The van der Waals surface area contributed by atoms with Crippen LogP contribution in [-0.2, 0) is 11.0 Å². The molecular weight excluding hydrogens is 579 g/mol. The van der Waals surface area contributed by atoms with Crippen LogP contribution in [0.5, 0.6) is 6.01 Å². The number of halogens is 5. The minimum atomic E-state index is -5.07. The number of carbonyl (C=O) groups is 1. The fourth-order valence-electron chi connectivity index (χ4n) is 5.74. The Kier molecular flexibility index (Phi) is 6.60. The Morgan fingerprint density at radius 1 is 1.26 bits per heavy atom. The molecule has 2 aromatic carbocycles. The molecule has 4 aromatic rings. The number of hydrogen-bond donors (Lipinski definition) is 1. The molecule has 1 unspecified atom stereocenters. The lowest BCUT2D eigenvalue weighted by atomic mass is 9.92. The summed E-state index contributed by atoms with van der Waals surface area (Å²) >= 11 is 0.691. The van der Waals surface area contributed by atoms with Crippen molar-refractivity contribution in [3.8, 4) is 23.2 Å². The van der Waals surface area contributed by atoms with Crippen LogP contribution in [-0.4, -0.2) is 53.1 Å². The maximum absolute atomic E-state index is 16.6. The van der Waals surface area contributed by atoms with Crippen LogP contribution in [0.3, 0.4) is 0 Å². The number of aromatic nitrogens is 2. The number of anilines is 2. The first-order valence-electron chi connectivity index (χ1n) is 13.1. The lowest BCUT2D eigenvalue weighted by molar-refractivity contribution is -0.137. The van der Waals surface area contributed by atoms with E-state index in [1.807, 2.05) is 0 Å². The van der Waals surface area contributed by atoms with Gasteiger partial charge in [-0.05, 0) is 37.5 Å². The number of nitriles is 1. The Hall–Kier alpha value is -4.25. The number of benzene rings is 2. The number of hydrogen-bond acceptors (Lipinski definition) is 8. The normalized spacial score (nSPS) is 17.3. The monoisotopic (exact) mass is 602 g/mol. The molecule has 1 atom stereocenters. The highest BCUT2D eigenvalue weighted by molar-refractivity contribution is 7.23. The second-order valence-corrected chi connectivity index (χ2v) is 11.3. The molecule has 2 N–H and O–H groups in total. The highest BCUT2D eigenvalue weighted by atomic mass is 32.1. The van der Waals surface area contributed by atoms with Gasteiger partial charge in [0, 0.05) is 41.9 Å². The zero-order valence-corrected chi connectivity index (χ0v) is 23.2. The molecule has 2 aromatic heterocycles. The number of carbonyl (C=O) groups excluding carboxylic acids is 1. The summed E-state index contributed by atoms with van der Waals surface area (Å²) in [6, 6.07) is 3.93. The van der Waals surface area contributed by atoms with Gasteiger partial charge in [0.2, 0.25) is 5.91 Å². The average Bonchev–Trinajstić information content (AvgIpc) is 3.63. The van der Waals surface area contributed by atoms with Crippen LogP contribution < -0.4 is 15.4 Å². The van der Waals surface area contributed by atoms with Gasteiger partial charge in [-0.15, -0.1) is 11.3 Å². The molecule has 6 rings (SSSR count). The van der Waals surface area contributed by atoms with Crippen molar-refractivity contribution in [3.05, 3.63) is 41.0 Å². The van der Waals surface area contributed by atoms with Crippen molar-refractivity contribution in [1.29, 1.82) is 5.26 Å². The maximum atomic E-state index is 16.6. The summed E-state index contributed by atoms with van der Waals surface area (Å²) in [5, 5.41) is 9.12. The fourth-order valence-corrected chi connectivity index (χ4v) is 6.69. The van der Waals surface area contributed by atoms with E-state index in [2.05, 4.69) is 9.97 Å².